The maximum Gasteiger partial charge on any atom is 0.274 e. The Bertz CT molecular complexity index is 747. The first-order chi connectivity index (χ1) is 11.7. The quantitative estimate of drug-likeness (QED) is 0.853. The molecule has 0 spiro atoms. The number of carbonyl (C=O) groups excluding carboxylic acids is 2. The van der Waals surface area contributed by atoms with Crippen molar-refractivity contribution in [3.63, 3.8) is 0 Å². The van der Waals surface area contributed by atoms with Gasteiger partial charge in [-0.3, -0.25) is 9.59 Å². The summed E-state index contributed by atoms with van der Waals surface area (Å²) < 4.78 is 0. The maximum absolute atomic E-state index is 12.3. The maximum atomic E-state index is 12.3. The molecule has 3 rings (SSSR count). The van der Waals surface area contributed by atoms with E-state index in [1.165, 1.54) is 0 Å². The van der Waals surface area contributed by atoms with Gasteiger partial charge in [-0.25, -0.2) is 9.97 Å². The van der Waals surface area contributed by atoms with E-state index in [-0.39, 0.29) is 11.6 Å². The van der Waals surface area contributed by atoms with E-state index in [0.29, 0.717) is 42.8 Å². The number of carbonyl (C=O) groups is 2. The molecule has 0 bridgehead atoms. The summed E-state index contributed by atoms with van der Waals surface area (Å²) in [7, 11) is 0. The van der Waals surface area contributed by atoms with Crippen molar-refractivity contribution in [3.05, 3.63) is 47.2 Å². The largest absolute Gasteiger partial charge is 0.342 e. The fourth-order valence-corrected chi connectivity index (χ4v) is 2.61. The van der Waals surface area contributed by atoms with E-state index < -0.39 is 0 Å². The van der Waals surface area contributed by atoms with Gasteiger partial charge in [-0.05, 0) is 24.3 Å². The number of halogens is 1. The van der Waals surface area contributed by atoms with Gasteiger partial charge in [-0.2, -0.15) is 0 Å². The molecule has 0 saturated carbocycles. The van der Waals surface area contributed by atoms with E-state index in [0.717, 1.165) is 6.41 Å². The van der Waals surface area contributed by atoms with Gasteiger partial charge in [0.2, 0.25) is 12.4 Å². The monoisotopic (exact) mass is 345 g/mol. The van der Waals surface area contributed by atoms with E-state index in [1.54, 1.807) is 41.4 Å². The molecule has 1 saturated heterocycles. The number of benzene rings is 1. The zero-order valence-electron chi connectivity index (χ0n) is 12.9. The third kappa shape index (κ3) is 3.80. The molecule has 1 aliphatic heterocycles. The summed E-state index contributed by atoms with van der Waals surface area (Å²) in [4.78, 5) is 35.3. The fraction of sp³-hybridized carbons (Fsp3) is 0.250. The van der Waals surface area contributed by atoms with Crippen LogP contribution in [0.3, 0.4) is 0 Å². The van der Waals surface area contributed by atoms with Crippen molar-refractivity contribution >= 4 is 35.6 Å². The van der Waals surface area contributed by atoms with E-state index in [4.69, 9.17) is 11.6 Å². The van der Waals surface area contributed by atoms with Crippen LogP contribution >= 0.6 is 11.6 Å². The van der Waals surface area contributed by atoms with Crippen LogP contribution in [0.25, 0.3) is 0 Å². The SMILES string of the molecule is O=CN1CCN(c2nccc(C(=O)Nc3cccc(Cl)c3)n2)CC1. The first-order valence-electron chi connectivity index (χ1n) is 7.50. The number of amides is 2. The number of piperazine rings is 1. The Kier molecular flexibility index (Phi) is 4.90. The van der Waals surface area contributed by atoms with Crippen LogP contribution in [0.2, 0.25) is 5.02 Å². The van der Waals surface area contributed by atoms with Crippen LogP contribution in [0.15, 0.2) is 36.5 Å². The Morgan fingerprint density at radius 1 is 1.21 bits per heavy atom. The second kappa shape index (κ2) is 7.27. The van der Waals surface area contributed by atoms with Crippen LogP contribution in [0.5, 0.6) is 0 Å². The molecule has 8 heteroatoms. The first kappa shape index (κ1) is 16.2. The van der Waals surface area contributed by atoms with Gasteiger partial charge in [0.05, 0.1) is 0 Å². The van der Waals surface area contributed by atoms with Crippen molar-refractivity contribution in [1.29, 1.82) is 0 Å². The highest BCUT2D eigenvalue weighted by Crippen LogP contribution is 2.16. The Hall–Kier alpha value is -2.67. The van der Waals surface area contributed by atoms with Gasteiger partial charge in [0.1, 0.15) is 5.69 Å². The smallest absolute Gasteiger partial charge is 0.274 e. The van der Waals surface area contributed by atoms with Gasteiger partial charge >= 0.3 is 0 Å². The molecule has 0 atom stereocenters. The number of hydrogen-bond donors (Lipinski definition) is 1. The zero-order valence-corrected chi connectivity index (χ0v) is 13.6. The molecule has 124 valence electrons. The van der Waals surface area contributed by atoms with Crippen molar-refractivity contribution in [2.24, 2.45) is 0 Å². The summed E-state index contributed by atoms with van der Waals surface area (Å²) in [5.74, 6) is 0.159. The number of aromatic nitrogens is 2. The van der Waals surface area contributed by atoms with Crippen LogP contribution in [-0.4, -0.2) is 53.4 Å². The lowest BCUT2D eigenvalue weighted by Gasteiger charge is -2.32. The minimum Gasteiger partial charge on any atom is -0.342 e. The van der Waals surface area contributed by atoms with Crippen molar-refractivity contribution in [3.8, 4) is 0 Å². The molecule has 1 aliphatic rings. The molecule has 1 aromatic heterocycles. The molecule has 1 fully saturated rings. The molecule has 2 heterocycles. The number of anilines is 2. The van der Waals surface area contributed by atoms with Gasteiger partial charge in [-0.1, -0.05) is 17.7 Å². The zero-order chi connectivity index (χ0) is 16.9. The van der Waals surface area contributed by atoms with E-state index in [2.05, 4.69) is 15.3 Å². The summed E-state index contributed by atoms with van der Waals surface area (Å²) in [5.41, 5.74) is 0.880. The van der Waals surface area contributed by atoms with Crippen molar-refractivity contribution in [1.82, 2.24) is 14.9 Å². The first-order valence-corrected chi connectivity index (χ1v) is 7.88. The molecule has 7 nitrogen and oxygen atoms in total. The van der Waals surface area contributed by atoms with Crippen LogP contribution in [-0.2, 0) is 4.79 Å². The van der Waals surface area contributed by atoms with Crippen LogP contribution < -0.4 is 10.2 Å². The second-order valence-corrected chi connectivity index (χ2v) is 5.77. The predicted molar refractivity (Wildman–Crippen MR) is 91.3 cm³/mol. The molecule has 0 radical (unpaired) electrons. The molecule has 2 aromatic rings. The summed E-state index contributed by atoms with van der Waals surface area (Å²) in [6.07, 6.45) is 2.40. The summed E-state index contributed by atoms with van der Waals surface area (Å²) in [5, 5.41) is 3.30. The highest BCUT2D eigenvalue weighted by Gasteiger charge is 2.19. The average Bonchev–Trinajstić information content (AvgIpc) is 2.62. The molecule has 2 amide bonds. The molecular formula is C16H16ClN5O2. The minimum absolute atomic E-state index is 0.276. The average molecular weight is 346 g/mol. The highest BCUT2D eigenvalue weighted by molar-refractivity contribution is 6.30. The van der Waals surface area contributed by atoms with E-state index >= 15 is 0 Å². The van der Waals surface area contributed by atoms with Crippen LogP contribution in [0, 0.1) is 0 Å². The number of nitrogens with one attached hydrogen (secondary N) is 1. The van der Waals surface area contributed by atoms with Crippen LogP contribution in [0.4, 0.5) is 11.6 Å². The molecule has 0 aliphatic carbocycles. The Morgan fingerprint density at radius 3 is 2.71 bits per heavy atom. The lowest BCUT2D eigenvalue weighted by atomic mass is 10.3. The van der Waals surface area contributed by atoms with E-state index in [9.17, 15) is 9.59 Å². The Balaban J connectivity index is 1.70. The topological polar surface area (TPSA) is 78.4 Å². The van der Waals surface area contributed by atoms with Gasteiger partial charge in [0.25, 0.3) is 5.91 Å². The van der Waals surface area contributed by atoms with Crippen molar-refractivity contribution in [2.45, 2.75) is 0 Å². The third-order valence-corrected chi connectivity index (χ3v) is 3.94. The molecule has 1 N–H and O–H groups in total. The molecule has 0 unspecified atom stereocenters. The Morgan fingerprint density at radius 2 is 2.00 bits per heavy atom. The lowest BCUT2D eigenvalue weighted by Crippen LogP contribution is -2.46. The number of nitrogens with zero attached hydrogens (tertiary/aromatic N) is 4. The number of rotatable bonds is 4. The molecule has 24 heavy (non-hydrogen) atoms. The van der Waals surface area contributed by atoms with Gasteiger partial charge in [-0.15, -0.1) is 0 Å². The third-order valence-electron chi connectivity index (χ3n) is 3.70. The van der Waals surface area contributed by atoms with E-state index in [1.807, 2.05) is 4.90 Å². The normalized spacial score (nSPS) is 14.4. The Labute approximate surface area is 144 Å². The standard InChI is InChI=1S/C16H16ClN5O2/c17-12-2-1-3-13(10-12)19-15(24)14-4-5-18-16(20-14)22-8-6-21(11-23)7-9-22/h1-5,10-11H,6-9H2,(H,19,24). The van der Waals surface area contributed by atoms with Crippen molar-refractivity contribution in [2.75, 3.05) is 36.4 Å². The second-order valence-electron chi connectivity index (χ2n) is 5.33. The molecular weight excluding hydrogens is 330 g/mol. The van der Waals surface area contributed by atoms with Gasteiger partial charge in [0.15, 0.2) is 0 Å². The van der Waals surface area contributed by atoms with Crippen molar-refractivity contribution < 1.29 is 9.59 Å². The van der Waals surface area contributed by atoms with Gasteiger partial charge < -0.3 is 15.1 Å². The predicted octanol–water partition coefficient (Wildman–Crippen LogP) is 1.66. The fourth-order valence-electron chi connectivity index (χ4n) is 2.42. The lowest BCUT2D eigenvalue weighted by molar-refractivity contribution is -0.118. The summed E-state index contributed by atoms with van der Waals surface area (Å²) in [6, 6.07) is 8.48. The van der Waals surface area contributed by atoms with Gasteiger partial charge in [0, 0.05) is 43.1 Å². The number of hydrogen-bond acceptors (Lipinski definition) is 5. The highest BCUT2D eigenvalue weighted by atomic mass is 35.5. The summed E-state index contributed by atoms with van der Waals surface area (Å²) >= 11 is 5.91. The summed E-state index contributed by atoms with van der Waals surface area (Å²) in [6.45, 7) is 2.51. The minimum atomic E-state index is -0.326. The molecule has 1 aromatic carbocycles. The van der Waals surface area contributed by atoms with Crippen LogP contribution in [0.1, 0.15) is 10.5 Å².